The Morgan fingerprint density at radius 3 is 2.40 bits per heavy atom. The average Bonchev–Trinajstić information content (AvgIpc) is 2.26. The predicted octanol–water partition coefficient (Wildman–Crippen LogP) is 2.74. The van der Waals surface area contributed by atoms with Gasteiger partial charge in [0.05, 0.1) is 7.11 Å². The Morgan fingerprint density at radius 2 is 1.93 bits per heavy atom. The van der Waals surface area contributed by atoms with E-state index in [4.69, 9.17) is 0 Å². The summed E-state index contributed by atoms with van der Waals surface area (Å²) < 4.78 is 4.57. The first-order chi connectivity index (χ1) is 7.15. The molecule has 0 radical (unpaired) electrons. The summed E-state index contributed by atoms with van der Waals surface area (Å²) in [6.45, 7) is 1.46. The number of hydrogen-bond acceptors (Lipinski definition) is 4. The summed E-state index contributed by atoms with van der Waals surface area (Å²) in [6, 6.07) is 9.33. The molecule has 1 aromatic carbocycles. The van der Waals surface area contributed by atoms with Crippen LogP contribution >= 0.6 is 11.8 Å². The third-order valence-electron chi connectivity index (χ3n) is 1.66. The highest BCUT2D eigenvalue weighted by Crippen LogP contribution is 2.28. The standard InChI is InChI=1S/C11H12O3S/c1-8(12)10(11(13)14-2)15-9-6-4-3-5-7-9/h3-7,12H,1-2H3/b10-8+. The lowest BCUT2D eigenvalue weighted by Gasteiger charge is -2.05. The summed E-state index contributed by atoms with van der Waals surface area (Å²) in [5.74, 6) is -0.556. The molecule has 0 bridgehead atoms. The Balaban J connectivity index is 2.87. The quantitative estimate of drug-likeness (QED) is 0.371. The van der Waals surface area contributed by atoms with Crippen LogP contribution in [0.1, 0.15) is 6.92 Å². The second-order valence-electron chi connectivity index (χ2n) is 2.82. The first-order valence-electron chi connectivity index (χ1n) is 4.36. The van der Waals surface area contributed by atoms with E-state index in [-0.39, 0.29) is 10.7 Å². The van der Waals surface area contributed by atoms with Crippen molar-refractivity contribution in [3.05, 3.63) is 41.0 Å². The number of aliphatic hydroxyl groups is 1. The lowest BCUT2D eigenvalue weighted by Crippen LogP contribution is -2.04. The number of aliphatic hydroxyl groups excluding tert-OH is 1. The molecule has 3 nitrogen and oxygen atoms in total. The van der Waals surface area contributed by atoms with Gasteiger partial charge < -0.3 is 9.84 Å². The molecule has 1 aromatic rings. The fourth-order valence-corrected chi connectivity index (χ4v) is 1.81. The molecule has 0 heterocycles. The number of thioether (sulfide) groups is 1. The van der Waals surface area contributed by atoms with E-state index in [1.807, 2.05) is 30.3 Å². The minimum absolute atomic E-state index is 0.0318. The lowest BCUT2D eigenvalue weighted by atomic mass is 10.4. The lowest BCUT2D eigenvalue weighted by molar-refractivity contribution is -0.135. The van der Waals surface area contributed by atoms with Crippen LogP contribution in [0.4, 0.5) is 0 Å². The molecule has 4 heteroatoms. The maximum absolute atomic E-state index is 11.3. The van der Waals surface area contributed by atoms with Gasteiger partial charge in [-0.25, -0.2) is 4.79 Å². The third-order valence-corrected chi connectivity index (χ3v) is 2.84. The molecule has 0 spiro atoms. The van der Waals surface area contributed by atoms with Crippen molar-refractivity contribution in [3.8, 4) is 0 Å². The molecule has 0 saturated heterocycles. The van der Waals surface area contributed by atoms with Gasteiger partial charge in [-0.05, 0) is 19.1 Å². The highest BCUT2D eigenvalue weighted by molar-refractivity contribution is 8.04. The summed E-state index contributed by atoms with van der Waals surface area (Å²) >= 11 is 1.18. The van der Waals surface area contributed by atoms with Crippen molar-refractivity contribution in [2.75, 3.05) is 7.11 Å². The van der Waals surface area contributed by atoms with Gasteiger partial charge >= 0.3 is 5.97 Å². The van der Waals surface area contributed by atoms with Gasteiger partial charge in [0.2, 0.25) is 0 Å². The number of carbonyl (C=O) groups excluding carboxylic acids is 1. The average molecular weight is 224 g/mol. The predicted molar refractivity (Wildman–Crippen MR) is 59.6 cm³/mol. The zero-order valence-corrected chi connectivity index (χ0v) is 9.38. The molecule has 0 atom stereocenters. The monoisotopic (exact) mass is 224 g/mol. The van der Waals surface area contributed by atoms with Gasteiger partial charge in [-0.3, -0.25) is 0 Å². The molecule has 0 aliphatic heterocycles. The van der Waals surface area contributed by atoms with E-state index in [9.17, 15) is 9.90 Å². The van der Waals surface area contributed by atoms with Crippen LogP contribution in [-0.4, -0.2) is 18.2 Å². The first kappa shape index (κ1) is 11.7. The fraction of sp³-hybridized carbons (Fsp3) is 0.182. The topological polar surface area (TPSA) is 46.5 Å². The minimum Gasteiger partial charge on any atom is -0.511 e. The van der Waals surface area contributed by atoms with E-state index < -0.39 is 5.97 Å². The third kappa shape index (κ3) is 3.32. The van der Waals surface area contributed by atoms with Crippen LogP contribution in [0.3, 0.4) is 0 Å². The first-order valence-corrected chi connectivity index (χ1v) is 5.18. The Bertz CT molecular complexity index is 367. The number of ether oxygens (including phenoxy) is 1. The molecule has 0 saturated carbocycles. The molecule has 0 aliphatic rings. The van der Waals surface area contributed by atoms with Crippen LogP contribution in [0.5, 0.6) is 0 Å². The second kappa shape index (κ2) is 5.46. The van der Waals surface area contributed by atoms with Crippen molar-refractivity contribution in [2.45, 2.75) is 11.8 Å². The highest BCUT2D eigenvalue weighted by Gasteiger charge is 2.14. The van der Waals surface area contributed by atoms with Crippen LogP contribution in [0, 0.1) is 0 Å². The molecule has 0 amide bonds. The molecular formula is C11H12O3S. The molecule has 1 rings (SSSR count). The Morgan fingerprint density at radius 1 is 1.33 bits per heavy atom. The van der Waals surface area contributed by atoms with Crippen molar-refractivity contribution in [2.24, 2.45) is 0 Å². The number of methoxy groups -OCH3 is 1. The molecule has 0 aliphatic carbocycles. The smallest absolute Gasteiger partial charge is 0.348 e. The number of esters is 1. The van der Waals surface area contributed by atoms with Gasteiger partial charge in [0.15, 0.2) is 0 Å². The summed E-state index contributed by atoms with van der Waals surface area (Å²) in [4.78, 5) is 12.4. The van der Waals surface area contributed by atoms with Crippen LogP contribution in [-0.2, 0) is 9.53 Å². The molecular weight excluding hydrogens is 212 g/mol. The van der Waals surface area contributed by atoms with E-state index in [2.05, 4.69) is 4.74 Å². The van der Waals surface area contributed by atoms with E-state index in [1.54, 1.807) is 0 Å². The van der Waals surface area contributed by atoms with E-state index in [1.165, 1.54) is 25.8 Å². The molecule has 80 valence electrons. The number of allylic oxidation sites excluding steroid dienone is 1. The molecule has 1 N–H and O–H groups in total. The summed E-state index contributed by atoms with van der Waals surface area (Å²) in [5, 5.41) is 9.33. The number of hydrogen-bond donors (Lipinski definition) is 1. The Labute approximate surface area is 92.8 Å². The zero-order valence-electron chi connectivity index (χ0n) is 8.56. The van der Waals surface area contributed by atoms with Gasteiger partial charge in [0.25, 0.3) is 0 Å². The number of rotatable bonds is 3. The summed E-state index contributed by atoms with van der Waals surface area (Å²) in [7, 11) is 1.29. The maximum Gasteiger partial charge on any atom is 0.348 e. The number of carbonyl (C=O) groups is 1. The van der Waals surface area contributed by atoms with E-state index in [0.717, 1.165) is 4.90 Å². The van der Waals surface area contributed by atoms with Crippen LogP contribution in [0.2, 0.25) is 0 Å². The van der Waals surface area contributed by atoms with Gasteiger partial charge in [-0.15, -0.1) is 0 Å². The van der Waals surface area contributed by atoms with Gasteiger partial charge in [0.1, 0.15) is 10.7 Å². The zero-order chi connectivity index (χ0) is 11.3. The van der Waals surface area contributed by atoms with Gasteiger partial charge in [-0.2, -0.15) is 0 Å². The van der Waals surface area contributed by atoms with Crippen LogP contribution in [0.15, 0.2) is 45.9 Å². The molecule has 0 aromatic heterocycles. The Hall–Kier alpha value is -1.42. The van der Waals surface area contributed by atoms with Crippen molar-refractivity contribution in [1.29, 1.82) is 0 Å². The summed E-state index contributed by atoms with van der Waals surface area (Å²) in [6.07, 6.45) is 0. The van der Waals surface area contributed by atoms with Crippen LogP contribution < -0.4 is 0 Å². The van der Waals surface area contributed by atoms with Crippen molar-refractivity contribution < 1.29 is 14.6 Å². The largest absolute Gasteiger partial charge is 0.511 e. The fourth-order valence-electron chi connectivity index (χ4n) is 0.962. The van der Waals surface area contributed by atoms with Gasteiger partial charge in [0, 0.05) is 4.90 Å². The maximum atomic E-state index is 11.3. The molecule has 0 unspecified atom stereocenters. The van der Waals surface area contributed by atoms with Gasteiger partial charge in [-0.1, -0.05) is 30.0 Å². The second-order valence-corrected chi connectivity index (χ2v) is 3.91. The van der Waals surface area contributed by atoms with Crippen molar-refractivity contribution in [3.63, 3.8) is 0 Å². The normalized spacial score (nSPS) is 11.9. The minimum atomic E-state index is -0.524. The van der Waals surface area contributed by atoms with E-state index in [0.29, 0.717) is 0 Å². The number of benzene rings is 1. The van der Waals surface area contributed by atoms with Crippen molar-refractivity contribution >= 4 is 17.7 Å². The SMILES string of the molecule is COC(=O)/C(Sc1ccccc1)=C(/C)O. The molecule has 0 fully saturated rings. The Kier molecular flexibility index (Phi) is 4.24. The summed E-state index contributed by atoms with van der Waals surface area (Å²) in [5.41, 5.74) is 0. The van der Waals surface area contributed by atoms with E-state index >= 15 is 0 Å². The van der Waals surface area contributed by atoms with Crippen LogP contribution in [0.25, 0.3) is 0 Å². The highest BCUT2D eigenvalue weighted by atomic mass is 32.2. The van der Waals surface area contributed by atoms with Crippen molar-refractivity contribution in [1.82, 2.24) is 0 Å². The molecule has 15 heavy (non-hydrogen) atoms.